The highest BCUT2D eigenvalue weighted by Gasteiger charge is 2.13. The molecule has 0 atom stereocenters. The van der Waals surface area contributed by atoms with E-state index < -0.39 is 18.5 Å². The van der Waals surface area contributed by atoms with Gasteiger partial charge in [-0.25, -0.2) is 9.18 Å². The first-order chi connectivity index (χ1) is 10.5. The van der Waals surface area contributed by atoms with E-state index in [1.54, 1.807) is 13.0 Å². The molecule has 5 heteroatoms. The summed E-state index contributed by atoms with van der Waals surface area (Å²) in [6, 6.07) is 10.8. The molecule has 0 unspecified atom stereocenters. The third kappa shape index (κ3) is 4.15. The van der Waals surface area contributed by atoms with Crippen molar-refractivity contribution in [3.05, 3.63) is 65.0 Å². The van der Waals surface area contributed by atoms with Crippen molar-refractivity contribution in [2.24, 2.45) is 0 Å². The number of carbonyl (C=O) groups is 2. The zero-order valence-corrected chi connectivity index (χ0v) is 12.4. The summed E-state index contributed by atoms with van der Waals surface area (Å²) in [5, 5.41) is 2.52. The van der Waals surface area contributed by atoms with E-state index >= 15 is 0 Å². The van der Waals surface area contributed by atoms with Crippen LogP contribution in [-0.2, 0) is 9.53 Å². The average Bonchev–Trinajstić information content (AvgIpc) is 2.49. The molecule has 1 N–H and O–H groups in total. The summed E-state index contributed by atoms with van der Waals surface area (Å²) in [5.41, 5.74) is 2.60. The van der Waals surface area contributed by atoms with E-state index in [1.165, 1.54) is 24.3 Å². The smallest absolute Gasteiger partial charge is 0.338 e. The number of carbonyl (C=O) groups excluding carboxylic acids is 2. The van der Waals surface area contributed by atoms with Gasteiger partial charge in [0.2, 0.25) is 0 Å². The third-order valence-corrected chi connectivity index (χ3v) is 3.08. The summed E-state index contributed by atoms with van der Waals surface area (Å²) in [4.78, 5) is 23.7. The zero-order chi connectivity index (χ0) is 16.1. The Hall–Kier alpha value is -2.69. The number of nitrogens with one attached hydrogen (secondary N) is 1. The molecule has 0 fully saturated rings. The van der Waals surface area contributed by atoms with Crippen LogP contribution in [0.25, 0.3) is 0 Å². The molecule has 0 radical (unpaired) electrons. The molecule has 0 aromatic heterocycles. The maximum absolute atomic E-state index is 12.8. The molecular weight excluding hydrogens is 285 g/mol. The molecule has 0 aliphatic carbocycles. The van der Waals surface area contributed by atoms with Crippen molar-refractivity contribution in [2.45, 2.75) is 13.8 Å². The Labute approximate surface area is 127 Å². The largest absolute Gasteiger partial charge is 0.452 e. The SMILES string of the molecule is Cc1ccc(C)c(C(=O)OCC(=O)Nc2ccc(F)cc2)c1. The summed E-state index contributed by atoms with van der Waals surface area (Å²) in [7, 11) is 0. The molecule has 0 aliphatic rings. The highest BCUT2D eigenvalue weighted by Crippen LogP contribution is 2.12. The fourth-order valence-electron chi connectivity index (χ4n) is 1.89. The topological polar surface area (TPSA) is 55.4 Å². The quantitative estimate of drug-likeness (QED) is 0.882. The first kappa shape index (κ1) is 15.7. The van der Waals surface area contributed by atoms with Crippen molar-refractivity contribution < 1.29 is 18.7 Å². The fourth-order valence-corrected chi connectivity index (χ4v) is 1.89. The van der Waals surface area contributed by atoms with Gasteiger partial charge >= 0.3 is 5.97 Å². The Kier molecular flexibility index (Phi) is 4.88. The van der Waals surface area contributed by atoms with Gasteiger partial charge in [-0.3, -0.25) is 4.79 Å². The van der Waals surface area contributed by atoms with Gasteiger partial charge in [-0.15, -0.1) is 0 Å². The Balaban J connectivity index is 1.91. The van der Waals surface area contributed by atoms with E-state index in [9.17, 15) is 14.0 Å². The normalized spacial score (nSPS) is 10.1. The minimum Gasteiger partial charge on any atom is -0.452 e. The van der Waals surface area contributed by atoms with E-state index in [0.717, 1.165) is 11.1 Å². The standard InChI is InChI=1S/C17H16FNO3/c1-11-3-4-12(2)15(9-11)17(21)22-10-16(20)19-14-7-5-13(18)6-8-14/h3-9H,10H2,1-2H3,(H,19,20). The number of halogens is 1. The van der Waals surface area contributed by atoms with Crippen LogP contribution in [0.2, 0.25) is 0 Å². The van der Waals surface area contributed by atoms with E-state index in [4.69, 9.17) is 4.74 Å². The van der Waals surface area contributed by atoms with Crippen LogP contribution >= 0.6 is 0 Å². The molecule has 0 saturated heterocycles. The van der Waals surface area contributed by atoms with Crippen molar-refractivity contribution in [3.63, 3.8) is 0 Å². The monoisotopic (exact) mass is 301 g/mol. The van der Waals surface area contributed by atoms with Crippen LogP contribution < -0.4 is 5.32 Å². The van der Waals surface area contributed by atoms with E-state index in [2.05, 4.69) is 5.32 Å². The zero-order valence-electron chi connectivity index (χ0n) is 12.4. The molecule has 0 bridgehead atoms. The van der Waals surface area contributed by atoms with Crippen LogP contribution in [0.4, 0.5) is 10.1 Å². The number of benzene rings is 2. The number of rotatable bonds is 4. The van der Waals surface area contributed by atoms with Gasteiger partial charge in [0.15, 0.2) is 6.61 Å². The number of ether oxygens (including phenoxy) is 1. The molecular formula is C17H16FNO3. The number of hydrogen-bond acceptors (Lipinski definition) is 3. The molecule has 0 heterocycles. The molecule has 2 rings (SSSR count). The van der Waals surface area contributed by atoms with Crippen molar-refractivity contribution in [3.8, 4) is 0 Å². The average molecular weight is 301 g/mol. The first-order valence-electron chi connectivity index (χ1n) is 6.75. The maximum atomic E-state index is 12.8. The summed E-state index contributed by atoms with van der Waals surface area (Å²) >= 11 is 0. The van der Waals surface area contributed by atoms with Gasteiger partial charge in [0, 0.05) is 5.69 Å². The van der Waals surface area contributed by atoms with Crippen LogP contribution in [0.1, 0.15) is 21.5 Å². The van der Waals surface area contributed by atoms with Crippen LogP contribution in [-0.4, -0.2) is 18.5 Å². The lowest BCUT2D eigenvalue weighted by molar-refractivity contribution is -0.119. The predicted molar refractivity (Wildman–Crippen MR) is 81.2 cm³/mol. The van der Waals surface area contributed by atoms with Crippen LogP contribution in [0.15, 0.2) is 42.5 Å². The number of anilines is 1. The molecule has 0 aliphatic heterocycles. The summed E-state index contributed by atoms with van der Waals surface area (Å²) < 4.78 is 17.8. The molecule has 0 spiro atoms. The number of amides is 1. The lowest BCUT2D eigenvalue weighted by Gasteiger charge is -2.08. The van der Waals surface area contributed by atoms with E-state index in [1.807, 2.05) is 19.1 Å². The minimum absolute atomic E-state index is 0.389. The predicted octanol–water partition coefficient (Wildman–Crippen LogP) is 3.24. The minimum atomic E-state index is -0.546. The molecule has 114 valence electrons. The highest BCUT2D eigenvalue weighted by atomic mass is 19.1. The molecule has 2 aromatic carbocycles. The number of hydrogen-bond donors (Lipinski definition) is 1. The second-order valence-corrected chi connectivity index (χ2v) is 4.95. The second-order valence-electron chi connectivity index (χ2n) is 4.95. The first-order valence-corrected chi connectivity index (χ1v) is 6.75. The van der Waals surface area contributed by atoms with E-state index in [-0.39, 0.29) is 5.82 Å². The Morgan fingerprint density at radius 2 is 1.77 bits per heavy atom. The Morgan fingerprint density at radius 3 is 2.45 bits per heavy atom. The van der Waals surface area contributed by atoms with Gasteiger partial charge in [0.25, 0.3) is 5.91 Å². The molecule has 1 amide bonds. The molecule has 4 nitrogen and oxygen atoms in total. The van der Waals surface area contributed by atoms with Gasteiger partial charge < -0.3 is 10.1 Å². The van der Waals surface area contributed by atoms with Gasteiger partial charge in [0.05, 0.1) is 5.56 Å². The lowest BCUT2D eigenvalue weighted by Crippen LogP contribution is -2.21. The van der Waals surface area contributed by atoms with Crippen LogP contribution in [0.3, 0.4) is 0 Å². The second kappa shape index (κ2) is 6.85. The summed E-state index contributed by atoms with van der Waals surface area (Å²) in [5.74, 6) is -1.42. The fraction of sp³-hybridized carbons (Fsp3) is 0.176. The van der Waals surface area contributed by atoms with Crippen molar-refractivity contribution in [1.29, 1.82) is 0 Å². The summed E-state index contributed by atoms with van der Waals surface area (Å²) in [6.45, 7) is 3.27. The molecule has 2 aromatic rings. The molecule has 0 saturated carbocycles. The van der Waals surface area contributed by atoms with Gasteiger partial charge in [-0.1, -0.05) is 17.7 Å². The molecule has 22 heavy (non-hydrogen) atoms. The lowest BCUT2D eigenvalue weighted by atomic mass is 10.1. The van der Waals surface area contributed by atoms with Crippen LogP contribution in [0.5, 0.6) is 0 Å². The summed E-state index contributed by atoms with van der Waals surface area (Å²) in [6.07, 6.45) is 0. The Bertz CT molecular complexity index is 696. The Morgan fingerprint density at radius 1 is 1.09 bits per heavy atom. The van der Waals surface area contributed by atoms with Crippen molar-refractivity contribution >= 4 is 17.6 Å². The van der Waals surface area contributed by atoms with Crippen LogP contribution in [0, 0.1) is 19.7 Å². The van der Waals surface area contributed by atoms with Crippen molar-refractivity contribution in [1.82, 2.24) is 0 Å². The maximum Gasteiger partial charge on any atom is 0.338 e. The van der Waals surface area contributed by atoms with Gasteiger partial charge in [0.1, 0.15) is 5.82 Å². The van der Waals surface area contributed by atoms with Gasteiger partial charge in [-0.05, 0) is 49.7 Å². The number of esters is 1. The van der Waals surface area contributed by atoms with Crippen molar-refractivity contribution in [2.75, 3.05) is 11.9 Å². The highest BCUT2D eigenvalue weighted by molar-refractivity contribution is 5.96. The number of aryl methyl sites for hydroxylation is 2. The third-order valence-electron chi connectivity index (χ3n) is 3.08. The van der Waals surface area contributed by atoms with Gasteiger partial charge in [-0.2, -0.15) is 0 Å². The van der Waals surface area contributed by atoms with E-state index in [0.29, 0.717) is 11.3 Å².